The first-order valence-electron chi connectivity index (χ1n) is 6.36. The van der Waals surface area contributed by atoms with E-state index >= 15 is 0 Å². The molecule has 0 bridgehead atoms. The van der Waals surface area contributed by atoms with Crippen LogP contribution >= 0.6 is 0 Å². The predicted octanol–water partition coefficient (Wildman–Crippen LogP) is 1.76. The Hall–Kier alpha value is -1.03. The highest BCUT2D eigenvalue weighted by Crippen LogP contribution is 2.41. The van der Waals surface area contributed by atoms with E-state index in [0.717, 1.165) is 24.8 Å². The van der Waals surface area contributed by atoms with E-state index in [-0.39, 0.29) is 0 Å². The minimum Gasteiger partial charge on any atom is -0.366 e. The molecule has 16 heavy (non-hydrogen) atoms. The molecule has 2 fully saturated rings. The Balaban J connectivity index is 1.68. The van der Waals surface area contributed by atoms with Crippen molar-refractivity contribution < 1.29 is 0 Å². The molecule has 1 saturated carbocycles. The van der Waals surface area contributed by atoms with E-state index in [2.05, 4.69) is 27.8 Å². The summed E-state index contributed by atoms with van der Waals surface area (Å²) in [5.41, 5.74) is 2.69. The highest BCUT2D eigenvalue weighted by molar-refractivity contribution is 5.48. The number of piperidine rings is 1. The topological polar surface area (TPSA) is 52.7 Å². The van der Waals surface area contributed by atoms with Crippen molar-refractivity contribution in [1.82, 2.24) is 15.5 Å². The molecule has 4 nitrogen and oxygen atoms in total. The highest BCUT2D eigenvalue weighted by atomic mass is 15.2. The van der Waals surface area contributed by atoms with Crippen molar-refractivity contribution in [3.8, 4) is 0 Å². The van der Waals surface area contributed by atoms with Crippen molar-refractivity contribution in [2.75, 3.05) is 18.4 Å². The van der Waals surface area contributed by atoms with Gasteiger partial charge < -0.3 is 10.6 Å². The van der Waals surface area contributed by atoms with Gasteiger partial charge in [0.2, 0.25) is 0 Å². The van der Waals surface area contributed by atoms with E-state index in [1.54, 1.807) is 0 Å². The van der Waals surface area contributed by atoms with Crippen LogP contribution in [0.15, 0.2) is 0 Å². The maximum Gasteiger partial charge on any atom is 0.151 e. The number of hydrogen-bond donors (Lipinski definition) is 3. The third-order valence-corrected chi connectivity index (χ3v) is 3.71. The Bertz CT molecular complexity index is 361. The zero-order chi connectivity index (χ0) is 11.0. The molecule has 2 heterocycles. The number of anilines is 1. The molecule has 1 saturated heterocycles. The van der Waals surface area contributed by atoms with Crippen LogP contribution in [-0.2, 0) is 0 Å². The highest BCUT2D eigenvalue weighted by Gasteiger charge is 2.28. The Morgan fingerprint density at radius 3 is 2.62 bits per heavy atom. The van der Waals surface area contributed by atoms with Crippen LogP contribution in [0, 0.1) is 6.92 Å². The molecular formula is C12H20N4. The molecule has 3 rings (SSSR count). The maximum absolute atomic E-state index is 4.41. The third-order valence-electron chi connectivity index (χ3n) is 3.71. The fourth-order valence-electron chi connectivity index (χ4n) is 2.48. The molecule has 1 aromatic rings. The van der Waals surface area contributed by atoms with Crippen molar-refractivity contribution >= 4 is 5.82 Å². The summed E-state index contributed by atoms with van der Waals surface area (Å²) in [6, 6.07) is 0.593. The van der Waals surface area contributed by atoms with Gasteiger partial charge in [-0.1, -0.05) is 0 Å². The van der Waals surface area contributed by atoms with Gasteiger partial charge in [0, 0.05) is 23.2 Å². The molecule has 2 aliphatic rings. The van der Waals surface area contributed by atoms with Crippen LogP contribution < -0.4 is 10.6 Å². The average molecular weight is 220 g/mol. The minimum absolute atomic E-state index is 0.593. The van der Waals surface area contributed by atoms with Crippen molar-refractivity contribution in [3.63, 3.8) is 0 Å². The average Bonchev–Trinajstić information content (AvgIpc) is 3.08. The molecular weight excluding hydrogens is 200 g/mol. The maximum atomic E-state index is 4.41. The van der Waals surface area contributed by atoms with E-state index in [4.69, 9.17) is 0 Å². The molecule has 0 unspecified atom stereocenters. The molecule has 1 aromatic heterocycles. The van der Waals surface area contributed by atoms with E-state index in [0.29, 0.717) is 6.04 Å². The van der Waals surface area contributed by atoms with E-state index in [1.807, 2.05) is 0 Å². The molecule has 3 N–H and O–H groups in total. The summed E-state index contributed by atoms with van der Waals surface area (Å²) in [5, 5.41) is 14.6. The fourth-order valence-corrected chi connectivity index (χ4v) is 2.48. The Morgan fingerprint density at radius 2 is 1.94 bits per heavy atom. The summed E-state index contributed by atoms with van der Waals surface area (Å²) in [6.45, 7) is 4.42. The number of aromatic amines is 1. The van der Waals surface area contributed by atoms with Crippen LogP contribution in [0.3, 0.4) is 0 Å². The molecule has 88 valence electrons. The molecule has 0 atom stereocenters. The summed E-state index contributed by atoms with van der Waals surface area (Å²) in [5.74, 6) is 1.84. The van der Waals surface area contributed by atoms with Crippen LogP contribution in [0.2, 0.25) is 0 Å². The van der Waals surface area contributed by atoms with E-state index < -0.39 is 0 Å². The van der Waals surface area contributed by atoms with Gasteiger partial charge in [-0.2, -0.15) is 5.10 Å². The zero-order valence-corrected chi connectivity index (χ0v) is 9.84. The Morgan fingerprint density at radius 1 is 1.19 bits per heavy atom. The lowest BCUT2D eigenvalue weighted by atomic mass is 10.1. The SMILES string of the molecule is Cc1c(NC2CCNCC2)n[nH]c1C1CC1. The van der Waals surface area contributed by atoms with E-state index in [1.165, 1.54) is 36.9 Å². The van der Waals surface area contributed by atoms with Gasteiger partial charge in [0.1, 0.15) is 0 Å². The molecule has 0 aromatic carbocycles. The first-order valence-corrected chi connectivity index (χ1v) is 6.36. The summed E-state index contributed by atoms with van der Waals surface area (Å²) >= 11 is 0. The molecule has 4 heteroatoms. The quantitative estimate of drug-likeness (QED) is 0.727. The molecule has 0 amide bonds. The van der Waals surface area contributed by atoms with Crippen LogP contribution in [0.25, 0.3) is 0 Å². The van der Waals surface area contributed by atoms with Crippen molar-refractivity contribution in [2.24, 2.45) is 0 Å². The van der Waals surface area contributed by atoms with Crippen LogP contribution in [-0.4, -0.2) is 29.3 Å². The molecule has 0 spiro atoms. The summed E-state index contributed by atoms with van der Waals surface area (Å²) < 4.78 is 0. The second-order valence-corrected chi connectivity index (χ2v) is 5.05. The number of rotatable bonds is 3. The zero-order valence-electron chi connectivity index (χ0n) is 9.84. The van der Waals surface area contributed by atoms with Crippen LogP contribution in [0.1, 0.15) is 42.9 Å². The van der Waals surface area contributed by atoms with Gasteiger partial charge in [-0.05, 0) is 45.7 Å². The number of hydrogen-bond acceptors (Lipinski definition) is 3. The third kappa shape index (κ3) is 1.94. The Kier molecular flexibility index (Phi) is 2.59. The number of nitrogens with one attached hydrogen (secondary N) is 3. The number of nitrogens with zero attached hydrogens (tertiary/aromatic N) is 1. The van der Waals surface area contributed by atoms with Gasteiger partial charge in [-0.15, -0.1) is 0 Å². The van der Waals surface area contributed by atoms with Gasteiger partial charge in [-0.3, -0.25) is 5.10 Å². The van der Waals surface area contributed by atoms with Crippen molar-refractivity contribution in [3.05, 3.63) is 11.3 Å². The van der Waals surface area contributed by atoms with Crippen LogP contribution in [0.5, 0.6) is 0 Å². The monoisotopic (exact) mass is 220 g/mol. The molecule has 0 radical (unpaired) electrons. The standard InChI is InChI=1S/C12H20N4/c1-8-11(9-2-3-9)15-16-12(8)14-10-4-6-13-7-5-10/h9-10,13H,2-7H2,1H3,(H2,14,15,16). The van der Waals surface area contributed by atoms with Crippen molar-refractivity contribution in [1.29, 1.82) is 0 Å². The Labute approximate surface area is 96.2 Å². The normalized spacial score (nSPS) is 22.3. The lowest BCUT2D eigenvalue weighted by Crippen LogP contribution is -2.35. The predicted molar refractivity (Wildman–Crippen MR) is 64.8 cm³/mol. The van der Waals surface area contributed by atoms with Gasteiger partial charge in [0.05, 0.1) is 0 Å². The van der Waals surface area contributed by atoms with E-state index in [9.17, 15) is 0 Å². The number of aromatic nitrogens is 2. The first-order chi connectivity index (χ1) is 7.84. The molecule has 1 aliphatic heterocycles. The minimum atomic E-state index is 0.593. The van der Waals surface area contributed by atoms with Gasteiger partial charge in [0.15, 0.2) is 5.82 Å². The largest absolute Gasteiger partial charge is 0.366 e. The summed E-state index contributed by atoms with van der Waals surface area (Å²) in [6.07, 6.45) is 5.06. The van der Waals surface area contributed by atoms with Gasteiger partial charge in [-0.25, -0.2) is 0 Å². The smallest absolute Gasteiger partial charge is 0.151 e. The first kappa shape index (κ1) is 10.1. The second-order valence-electron chi connectivity index (χ2n) is 5.05. The fraction of sp³-hybridized carbons (Fsp3) is 0.750. The van der Waals surface area contributed by atoms with Crippen LogP contribution in [0.4, 0.5) is 5.82 Å². The summed E-state index contributed by atoms with van der Waals surface area (Å²) in [7, 11) is 0. The van der Waals surface area contributed by atoms with Gasteiger partial charge >= 0.3 is 0 Å². The number of H-pyrrole nitrogens is 1. The lowest BCUT2D eigenvalue weighted by Gasteiger charge is -2.23. The second kappa shape index (κ2) is 4.09. The molecule has 1 aliphatic carbocycles. The van der Waals surface area contributed by atoms with Gasteiger partial charge in [0.25, 0.3) is 0 Å². The lowest BCUT2D eigenvalue weighted by molar-refractivity contribution is 0.478. The summed E-state index contributed by atoms with van der Waals surface area (Å²) in [4.78, 5) is 0. The van der Waals surface area contributed by atoms with Crippen molar-refractivity contribution in [2.45, 2.75) is 44.6 Å².